The minimum Gasteiger partial charge on any atom is -0.463 e. The van der Waals surface area contributed by atoms with Crippen molar-refractivity contribution in [2.24, 2.45) is 11.7 Å². The first kappa shape index (κ1) is 14.4. The number of esters is 1. The third kappa shape index (κ3) is 3.66. The zero-order valence-electron chi connectivity index (χ0n) is 11.2. The quantitative estimate of drug-likeness (QED) is 0.759. The highest BCUT2D eigenvalue weighted by Crippen LogP contribution is 2.11. The number of hydrogen-bond donors (Lipinski definition) is 2. The smallest absolute Gasteiger partial charge is 0.376 e. The number of carbonyl (C=O) groups is 1. The number of nitrogens with zero attached hydrogens (tertiary/aromatic N) is 2. The maximum Gasteiger partial charge on any atom is 0.376 e. The van der Waals surface area contributed by atoms with E-state index in [-0.39, 0.29) is 11.9 Å². The van der Waals surface area contributed by atoms with Gasteiger partial charge in [-0.2, -0.15) is 0 Å². The molecule has 1 unspecified atom stereocenters. The maximum absolute atomic E-state index is 11.4. The van der Waals surface area contributed by atoms with Crippen LogP contribution in [0.3, 0.4) is 0 Å². The first-order valence-corrected chi connectivity index (χ1v) is 5.88. The van der Waals surface area contributed by atoms with Crippen LogP contribution in [-0.4, -0.2) is 35.6 Å². The fraction of sp³-hybridized carbons (Fsp3) is 0.583. The molecule has 0 aliphatic carbocycles. The molecule has 1 atom stereocenters. The molecule has 1 aromatic heterocycles. The molecule has 0 radical (unpaired) electrons. The maximum atomic E-state index is 11.4. The van der Waals surface area contributed by atoms with Gasteiger partial charge in [0.15, 0.2) is 0 Å². The number of aromatic nitrogens is 2. The summed E-state index contributed by atoms with van der Waals surface area (Å²) in [6.07, 6.45) is 0. The molecule has 0 aromatic carbocycles. The molecule has 0 amide bonds. The predicted molar refractivity (Wildman–Crippen MR) is 69.4 cm³/mol. The second-order valence-corrected chi connectivity index (χ2v) is 4.44. The summed E-state index contributed by atoms with van der Waals surface area (Å²) >= 11 is 0. The lowest BCUT2D eigenvalue weighted by Crippen LogP contribution is -2.34. The first-order valence-electron chi connectivity index (χ1n) is 5.88. The molecule has 6 heteroatoms. The number of hydrogen-bond acceptors (Lipinski definition) is 6. The van der Waals surface area contributed by atoms with Gasteiger partial charge < -0.3 is 15.8 Å². The zero-order chi connectivity index (χ0) is 13.7. The van der Waals surface area contributed by atoms with Crippen LogP contribution in [0.15, 0.2) is 6.07 Å². The molecule has 1 heterocycles. The molecule has 0 saturated heterocycles. The predicted octanol–water partition coefficient (Wildman–Crippen LogP) is 0.967. The highest BCUT2D eigenvalue weighted by atomic mass is 16.5. The van der Waals surface area contributed by atoms with Crippen LogP contribution in [0.25, 0.3) is 0 Å². The Balaban J connectivity index is 2.95. The van der Waals surface area contributed by atoms with E-state index in [1.165, 1.54) is 7.11 Å². The molecule has 0 aliphatic rings. The van der Waals surface area contributed by atoms with Crippen LogP contribution in [0.1, 0.15) is 30.2 Å². The molecule has 1 rings (SSSR count). The lowest BCUT2D eigenvalue weighted by molar-refractivity contribution is 0.0586. The molecular formula is C12H20N4O2. The van der Waals surface area contributed by atoms with E-state index < -0.39 is 5.97 Å². The monoisotopic (exact) mass is 252 g/mol. The van der Waals surface area contributed by atoms with Crippen molar-refractivity contribution in [1.29, 1.82) is 0 Å². The fourth-order valence-corrected chi connectivity index (χ4v) is 1.51. The van der Waals surface area contributed by atoms with Gasteiger partial charge in [-0.15, -0.1) is 0 Å². The molecule has 0 bridgehead atoms. The van der Waals surface area contributed by atoms with E-state index in [4.69, 9.17) is 5.73 Å². The van der Waals surface area contributed by atoms with Gasteiger partial charge in [-0.1, -0.05) is 13.8 Å². The van der Waals surface area contributed by atoms with Gasteiger partial charge in [0.1, 0.15) is 5.82 Å². The molecular weight excluding hydrogens is 232 g/mol. The minimum absolute atomic E-state index is 0.0551. The van der Waals surface area contributed by atoms with E-state index >= 15 is 0 Å². The molecule has 6 nitrogen and oxygen atoms in total. The number of anilines is 1. The summed E-state index contributed by atoms with van der Waals surface area (Å²) < 4.78 is 4.61. The zero-order valence-corrected chi connectivity index (χ0v) is 11.2. The summed E-state index contributed by atoms with van der Waals surface area (Å²) in [6.45, 7) is 6.43. The van der Waals surface area contributed by atoms with Crippen molar-refractivity contribution in [3.8, 4) is 0 Å². The Morgan fingerprint density at radius 1 is 1.50 bits per heavy atom. The highest BCUT2D eigenvalue weighted by Gasteiger charge is 2.15. The van der Waals surface area contributed by atoms with Gasteiger partial charge in [0.05, 0.1) is 7.11 Å². The lowest BCUT2D eigenvalue weighted by Gasteiger charge is -2.21. The number of aryl methyl sites for hydroxylation is 1. The largest absolute Gasteiger partial charge is 0.463 e. The van der Waals surface area contributed by atoms with Gasteiger partial charge in [-0.05, 0) is 12.8 Å². The lowest BCUT2D eigenvalue weighted by atomic mass is 10.1. The highest BCUT2D eigenvalue weighted by molar-refractivity contribution is 5.85. The molecule has 0 saturated carbocycles. The fourth-order valence-electron chi connectivity index (χ4n) is 1.51. The second kappa shape index (κ2) is 6.30. The Morgan fingerprint density at radius 3 is 2.67 bits per heavy atom. The van der Waals surface area contributed by atoms with Gasteiger partial charge in [0.25, 0.3) is 0 Å². The number of carbonyl (C=O) groups excluding carboxylic acids is 1. The van der Waals surface area contributed by atoms with Crippen LogP contribution < -0.4 is 11.1 Å². The third-order valence-electron chi connectivity index (χ3n) is 2.61. The standard InChI is InChI=1S/C12H20N4O2/c1-7(2)9(6-13)15-10-5-8(3)14-11(16-10)12(17)18-4/h5,7,9H,6,13H2,1-4H3,(H,14,15,16). The molecule has 18 heavy (non-hydrogen) atoms. The van der Waals surface area contributed by atoms with Crippen molar-refractivity contribution in [2.75, 3.05) is 19.0 Å². The van der Waals surface area contributed by atoms with Gasteiger partial charge in [0, 0.05) is 24.3 Å². The molecule has 1 aromatic rings. The van der Waals surface area contributed by atoms with Gasteiger partial charge >= 0.3 is 5.97 Å². The van der Waals surface area contributed by atoms with Crippen molar-refractivity contribution >= 4 is 11.8 Å². The summed E-state index contributed by atoms with van der Waals surface area (Å²) in [7, 11) is 1.30. The Morgan fingerprint density at radius 2 is 2.17 bits per heavy atom. The normalized spacial score (nSPS) is 12.3. The van der Waals surface area contributed by atoms with E-state index in [1.807, 2.05) is 0 Å². The van der Waals surface area contributed by atoms with Crippen LogP contribution in [0.5, 0.6) is 0 Å². The molecule has 0 aliphatic heterocycles. The van der Waals surface area contributed by atoms with Crippen LogP contribution in [0.2, 0.25) is 0 Å². The van der Waals surface area contributed by atoms with E-state index in [0.29, 0.717) is 24.0 Å². The van der Waals surface area contributed by atoms with E-state index in [1.54, 1.807) is 13.0 Å². The Labute approximate surface area is 107 Å². The third-order valence-corrected chi connectivity index (χ3v) is 2.61. The number of nitrogens with two attached hydrogens (primary N) is 1. The SMILES string of the molecule is COC(=O)c1nc(C)cc(NC(CN)C(C)C)n1. The Hall–Kier alpha value is -1.69. The topological polar surface area (TPSA) is 90.1 Å². The Kier molecular flexibility index (Phi) is 5.03. The van der Waals surface area contributed by atoms with Crippen molar-refractivity contribution < 1.29 is 9.53 Å². The summed E-state index contributed by atoms with van der Waals surface area (Å²) in [4.78, 5) is 19.6. The summed E-state index contributed by atoms with van der Waals surface area (Å²) in [6, 6.07) is 1.88. The molecule has 3 N–H and O–H groups in total. The summed E-state index contributed by atoms with van der Waals surface area (Å²) in [5.74, 6) is 0.467. The number of nitrogens with one attached hydrogen (secondary N) is 1. The van der Waals surface area contributed by atoms with Crippen LogP contribution in [0.4, 0.5) is 5.82 Å². The average molecular weight is 252 g/mol. The number of rotatable bonds is 5. The van der Waals surface area contributed by atoms with Crippen LogP contribution >= 0.6 is 0 Å². The van der Waals surface area contributed by atoms with Crippen molar-refractivity contribution in [3.05, 3.63) is 17.6 Å². The van der Waals surface area contributed by atoms with E-state index in [9.17, 15) is 4.79 Å². The average Bonchev–Trinajstić information content (AvgIpc) is 2.33. The second-order valence-electron chi connectivity index (χ2n) is 4.44. The summed E-state index contributed by atoms with van der Waals surface area (Å²) in [5, 5.41) is 3.20. The molecule has 0 spiro atoms. The molecule has 0 fully saturated rings. The van der Waals surface area contributed by atoms with Crippen molar-refractivity contribution in [1.82, 2.24) is 9.97 Å². The van der Waals surface area contributed by atoms with Gasteiger partial charge in [-0.25, -0.2) is 14.8 Å². The van der Waals surface area contributed by atoms with Crippen molar-refractivity contribution in [3.63, 3.8) is 0 Å². The van der Waals surface area contributed by atoms with E-state index in [0.717, 1.165) is 0 Å². The molecule has 100 valence electrons. The number of ether oxygens (including phenoxy) is 1. The summed E-state index contributed by atoms with van der Waals surface area (Å²) in [5.41, 5.74) is 6.39. The van der Waals surface area contributed by atoms with Crippen molar-refractivity contribution in [2.45, 2.75) is 26.8 Å². The van der Waals surface area contributed by atoms with Crippen LogP contribution in [-0.2, 0) is 4.74 Å². The van der Waals surface area contributed by atoms with E-state index in [2.05, 4.69) is 33.9 Å². The first-order chi connectivity index (χ1) is 8.47. The number of methoxy groups -OCH3 is 1. The van der Waals surface area contributed by atoms with Crippen LogP contribution in [0, 0.1) is 12.8 Å². The minimum atomic E-state index is -0.546. The van der Waals surface area contributed by atoms with Gasteiger partial charge in [0.2, 0.25) is 5.82 Å². The van der Waals surface area contributed by atoms with Gasteiger partial charge in [-0.3, -0.25) is 0 Å². The Bertz CT molecular complexity index is 421.